The second-order valence-corrected chi connectivity index (χ2v) is 10.3. The highest BCUT2D eigenvalue weighted by atomic mass is 31.2. The molecule has 2 rings (SSSR count). The van der Waals surface area contributed by atoms with Crippen LogP contribution in [0.15, 0.2) is 48.5 Å². The van der Waals surface area contributed by atoms with Gasteiger partial charge in [-0.1, -0.05) is 36.4 Å². The first-order valence-corrected chi connectivity index (χ1v) is 11.1. The Morgan fingerprint density at radius 1 is 0.897 bits per heavy atom. The van der Waals surface area contributed by atoms with Gasteiger partial charge in [0.15, 0.2) is 7.14 Å². The summed E-state index contributed by atoms with van der Waals surface area (Å²) in [7, 11) is -0.823. The maximum Gasteiger partial charge on any atom is 0.306 e. The van der Waals surface area contributed by atoms with E-state index in [-0.39, 0.29) is 29.6 Å². The van der Waals surface area contributed by atoms with E-state index in [4.69, 9.17) is 14.2 Å². The Labute approximate surface area is 171 Å². The van der Waals surface area contributed by atoms with Crippen molar-refractivity contribution >= 4 is 23.9 Å². The third-order valence-corrected chi connectivity index (χ3v) is 7.06. The predicted molar refractivity (Wildman–Crippen MR) is 113 cm³/mol. The van der Waals surface area contributed by atoms with Crippen LogP contribution in [-0.4, -0.2) is 37.5 Å². The molecule has 7 heteroatoms. The van der Waals surface area contributed by atoms with Crippen LogP contribution < -0.4 is 14.8 Å². The average Bonchev–Trinajstić information content (AvgIpc) is 2.70. The molecule has 0 aromatic heterocycles. The fraction of sp³-hybridized carbons (Fsp3) is 0.364. The minimum Gasteiger partial charge on any atom is -0.496 e. The highest BCUT2D eigenvalue weighted by molar-refractivity contribution is 7.87. The Balaban J connectivity index is 2.49. The summed E-state index contributed by atoms with van der Waals surface area (Å²) in [5.74, 6) is 0.0268. The van der Waals surface area contributed by atoms with Crippen molar-refractivity contribution in [1.82, 2.24) is 0 Å². The van der Waals surface area contributed by atoms with Crippen molar-refractivity contribution in [2.24, 2.45) is 0 Å². The second-order valence-electron chi connectivity index (χ2n) is 7.48. The minimum atomic E-state index is -3.68. The summed E-state index contributed by atoms with van der Waals surface area (Å²) in [6.45, 7) is 5.27. The van der Waals surface area contributed by atoms with E-state index < -0.39 is 24.2 Å². The zero-order valence-electron chi connectivity index (χ0n) is 17.4. The van der Waals surface area contributed by atoms with E-state index in [1.165, 1.54) is 14.2 Å². The molecule has 0 amide bonds. The highest BCUT2D eigenvalue weighted by Crippen LogP contribution is 2.51. The number of benzene rings is 2. The van der Waals surface area contributed by atoms with E-state index in [1.807, 2.05) is 0 Å². The van der Waals surface area contributed by atoms with Gasteiger partial charge in [0.25, 0.3) is 0 Å². The first kappa shape index (κ1) is 22.7. The standard InChI is InChI=1S/C22H27O6P/c1-22(2,3)28-19(23)14-15-29(25,16-10-7-6-8-11-16)21(24)20-17(26-4)12-9-13-18(20)27-5/h6-13H,14-15H2,1-5H3. The molecule has 0 saturated heterocycles. The van der Waals surface area contributed by atoms with Crippen LogP contribution in [0.4, 0.5) is 0 Å². The number of rotatable bonds is 8. The molecule has 0 spiro atoms. The SMILES string of the molecule is COc1cccc(OC)c1C(=O)P(=O)(CCC(=O)OC(C)(C)C)c1ccccc1. The van der Waals surface area contributed by atoms with Crippen molar-refractivity contribution < 1.29 is 28.4 Å². The third-order valence-electron chi connectivity index (χ3n) is 4.19. The van der Waals surface area contributed by atoms with Gasteiger partial charge in [-0.2, -0.15) is 0 Å². The number of ether oxygens (including phenoxy) is 3. The first-order valence-electron chi connectivity index (χ1n) is 9.25. The maximum atomic E-state index is 14.1. The molecule has 1 unspecified atom stereocenters. The Morgan fingerprint density at radius 2 is 1.45 bits per heavy atom. The molecule has 0 saturated carbocycles. The Morgan fingerprint density at radius 3 is 1.93 bits per heavy atom. The molecule has 0 radical (unpaired) electrons. The molecular weight excluding hydrogens is 391 g/mol. The van der Waals surface area contributed by atoms with Crippen molar-refractivity contribution in [1.29, 1.82) is 0 Å². The molecule has 0 aliphatic rings. The molecule has 0 N–H and O–H groups in total. The summed E-state index contributed by atoms with van der Waals surface area (Å²) in [6, 6.07) is 13.4. The molecule has 0 bridgehead atoms. The van der Waals surface area contributed by atoms with Crippen molar-refractivity contribution in [3.8, 4) is 11.5 Å². The molecule has 0 fully saturated rings. The van der Waals surface area contributed by atoms with Crippen molar-refractivity contribution in [2.75, 3.05) is 20.4 Å². The zero-order chi connectivity index (χ0) is 21.7. The van der Waals surface area contributed by atoms with E-state index in [9.17, 15) is 14.2 Å². The number of hydrogen-bond donors (Lipinski definition) is 0. The zero-order valence-corrected chi connectivity index (χ0v) is 18.3. The minimum absolute atomic E-state index is 0.105. The van der Waals surface area contributed by atoms with Crippen molar-refractivity contribution in [3.05, 3.63) is 54.1 Å². The molecule has 6 nitrogen and oxygen atoms in total. The summed E-state index contributed by atoms with van der Waals surface area (Å²) >= 11 is 0. The van der Waals surface area contributed by atoms with Crippen LogP contribution in [0.25, 0.3) is 0 Å². The molecule has 29 heavy (non-hydrogen) atoms. The lowest BCUT2D eigenvalue weighted by Crippen LogP contribution is -2.25. The highest BCUT2D eigenvalue weighted by Gasteiger charge is 2.38. The van der Waals surface area contributed by atoms with Gasteiger partial charge in [0, 0.05) is 11.5 Å². The number of esters is 1. The van der Waals surface area contributed by atoms with E-state index in [2.05, 4.69) is 0 Å². The summed E-state index contributed by atoms with van der Waals surface area (Å²) < 4.78 is 30.0. The van der Waals surface area contributed by atoms with Gasteiger partial charge in [-0.3, -0.25) is 9.59 Å². The molecule has 0 heterocycles. The van der Waals surface area contributed by atoms with Gasteiger partial charge in [0.2, 0.25) is 5.52 Å². The summed E-state index contributed by atoms with van der Waals surface area (Å²) in [5.41, 5.74) is -1.17. The topological polar surface area (TPSA) is 78.9 Å². The second kappa shape index (κ2) is 9.27. The van der Waals surface area contributed by atoms with E-state index in [0.717, 1.165) is 0 Å². The van der Waals surface area contributed by atoms with Crippen molar-refractivity contribution in [3.63, 3.8) is 0 Å². The Bertz CT molecular complexity index is 892. The lowest BCUT2D eigenvalue weighted by molar-refractivity contribution is -0.154. The van der Waals surface area contributed by atoms with Gasteiger partial charge in [-0.25, -0.2) is 0 Å². The molecule has 0 aliphatic carbocycles. The van der Waals surface area contributed by atoms with Gasteiger partial charge in [-0.15, -0.1) is 0 Å². The molecule has 1 atom stereocenters. The summed E-state index contributed by atoms with van der Waals surface area (Å²) in [5, 5.41) is 0.376. The largest absolute Gasteiger partial charge is 0.496 e. The maximum absolute atomic E-state index is 14.1. The van der Waals surface area contributed by atoms with Gasteiger partial charge in [0.1, 0.15) is 22.7 Å². The molecule has 0 aliphatic heterocycles. The normalized spacial score (nSPS) is 13.3. The van der Waals surface area contributed by atoms with E-state index in [1.54, 1.807) is 69.3 Å². The third kappa shape index (κ3) is 5.48. The van der Waals surface area contributed by atoms with Crippen LogP contribution in [0.2, 0.25) is 0 Å². The lowest BCUT2D eigenvalue weighted by Gasteiger charge is -2.22. The average molecular weight is 418 g/mol. The number of carbonyl (C=O) groups is 2. The van der Waals surface area contributed by atoms with E-state index in [0.29, 0.717) is 5.30 Å². The molecule has 156 valence electrons. The van der Waals surface area contributed by atoms with Crippen molar-refractivity contribution in [2.45, 2.75) is 32.8 Å². The number of hydrogen-bond acceptors (Lipinski definition) is 6. The molecular formula is C22H27O6P. The van der Waals surface area contributed by atoms with Crippen LogP contribution in [0.5, 0.6) is 11.5 Å². The predicted octanol–water partition coefficient (Wildman–Crippen LogP) is 4.26. The Hall–Kier alpha value is -2.59. The lowest BCUT2D eigenvalue weighted by atomic mass is 10.2. The summed E-state index contributed by atoms with van der Waals surface area (Å²) in [6.07, 6.45) is -0.293. The summed E-state index contributed by atoms with van der Waals surface area (Å²) in [4.78, 5) is 25.8. The van der Waals surface area contributed by atoms with Crippen LogP contribution in [0.1, 0.15) is 37.6 Å². The smallest absolute Gasteiger partial charge is 0.306 e. The van der Waals surface area contributed by atoms with Crippen LogP contribution in [-0.2, 0) is 14.1 Å². The fourth-order valence-electron chi connectivity index (χ4n) is 2.90. The van der Waals surface area contributed by atoms with E-state index >= 15 is 0 Å². The number of methoxy groups -OCH3 is 2. The van der Waals surface area contributed by atoms with Gasteiger partial charge >= 0.3 is 5.97 Å². The van der Waals surface area contributed by atoms with Gasteiger partial charge < -0.3 is 18.8 Å². The van der Waals surface area contributed by atoms with Crippen LogP contribution in [0, 0.1) is 0 Å². The van der Waals surface area contributed by atoms with Crippen LogP contribution >= 0.6 is 7.14 Å². The first-order chi connectivity index (χ1) is 13.6. The fourth-order valence-corrected chi connectivity index (χ4v) is 5.33. The molecule has 2 aromatic carbocycles. The Kier molecular flexibility index (Phi) is 7.26. The number of carbonyl (C=O) groups excluding carboxylic acids is 2. The van der Waals surface area contributed by atoms with Gasteiger partial charge in [-0.05, 0) is 32.9 Å². The quantitative estimate of drug-likeness (QED) is 0.471. The van der Waals surface area contributed by atoms with Gasteiger partial charge in [0.05, 0.1) is 20.6 Å². The monoisotopic (exact) mass is 418 g/mol. The molecule has 2 aromatic rings. The van der Waals surface area contributed by atoms with Crippen LogP contribution in [0.3, 0.4) is 0 Å².